The van der Waals surface area contributed by atoms with Crippen molar-refractivity contribution in [1.29, 1.82) is 0 Å². The number of carbonyl (C=O) groups is 1. The first-order valence-corrected chi connectivity index (χ1v) is 7.21. The molecular weight excluding hydrogens is 308 g/mol. The van der Waals surface area contributed by atoms with Crippen LogP contribution in [0.2, 0.25) is 0 Å². The van der Waals surface area contributed by atoms with Crippen LogP contribution < -0.4 is 16.4 Å². The van der Waals surface area contributed by atoms with Crippen LogP contribution in [0, 0.1) is 6.92 Å². The first kappa shape index (κ1) is 15.4. The Morgan fingerprint density at radius 1 is 1.21 bits per heavy atom. The van der Waals surface area contributed by atoms with Gasteiger partial charge in [0.15, 0.2) is 0 Å². The lowest BCUT2D eigenvalue weighted by atomic mass is 10.3. The van der Waals surface area contributed by atoms with Crippen molar-refractivity contribution in [2.45, 2.75) is 6.92 Å². The molecule has 0 saturated carbocycles. The molecule has 0 spiro atoms. The lowest BCUT2D eigenvalue weighted by Crippen LogP contribution is -2.22. The van der Waals surface area contributed by atoms with E-state index in [4.69, 9.17) is 5.73 Å². The molecule has 9 heteroatoms. The van der Waals surface area contributed by atoms with Crippen molar-refractivity contribution >= 4 is 23.4 Å². The monoisotopic (exact) mass is 324 g/mol. The van der Waals surface area contributed by atoms with Gasteiger partial charge in [0.2, 0.25) is 11.9 Å². The van der Waals surface area contributed by atoms with E-state index in [1.807, 2.05) is 31.2 Å². The summed E-state index contributed by atoms with van der Waals surface area (Å²) in [6.07, 6.45) is 3.25. The van der Waals surface area contributed by atoms with E-state index in [9.17, 15) is 4.79 Å². The second-order valence-corrected chi connectivity index (χ2v) is 4.99. The number of rotatable bonds is 6. The highest BCUT2D eigenvalue weighted by Gasteiger charge is 2.03. The van der Waals surface area contributed by atoms with Crippen LogP contribution in [0.3, 0.4) is 0 Å². The zero-order valence-corrected chi connectivity index (χ0v) is 13.0. The van der Waals surface area contributed by atoms with Crippen LogP contribution in [0.5, 0.6) is 0 Å². The number of hydrogen-bond donors (Lipinski definition) is 3. The lowest BCUT2D eigenvalue weighted by Gasteiger charge is -2.08. The molecule has 0 aliphatic rings. The summed E-state index contributed by atoms with van der Waals surface area (Å²) in [6, 6.07) is 9.25. The van der Waals surface area contributed by atoms with Gasteiger partial charge in [-0.05, 0) is 37.3 Å². The fourth-order valence-corrected chi connectivity index (χ4v) is 1.99. The minimum Gasteiger partial charge on any atom is -0.368 e. The number of nitrogens with two attached hydrogens (primary N) is 1. The van der Waals surface area contributed by atoms with E-state index >= 15 is 0 Å². The predicted molar refractivity (Wildman–Crippen MR) is 89.1 cm³/mol. The summed E-state index contributed by atoms with van der Waals surface area (Å²) in [4.78, 5) is 23.3. The molecule has 2 aromatic heterocycles. The molecule has 24 heavy (non-hydrogen) atoms. The van der Waals surface area contributed by atoms with Gasteiger partial charge >= 0.3 is 0 Å². The van der Waals surface area contributed by atoms with Gasteiger partial charge in [0.05, 0.1) is 12.2 Å². The van der Waals surface area contributed by atoms with Gasteiger partial charge in [-0.1, -0.05) is 0 Å². The van der Waals surface area contributed by atoms with E-state index in [0.29, 0.717) is 17.6 Å². The summed E-state index contributed by atoms with van der Waals surface area (Å²) in [5.41, 5.74) is 6.82. The Kier molecular flexibility index (Phi) is 4.32. The van der Waals surface area contributed by atoms with Gasteiger partial charge in [0, 0.05) is 11.9 Å². The molecule has 1 amide bonds. The Morgan fingerprint density at radius 2 is 2.00 bits per heavy atom. The quantitative estimate of drug-likeness (QED) is 0.618. The number of anilines is 3. The van der Waals surface area contributed by atoms with E-state index in [1.165, 1.54) is 0 Å². The molecule has 0 aliphatic heterocycles. The van der Waals surface area contributed by atoms with Crippen LogP contribution in [-0.4, -0.2) is 37.2 Å². The number of nitrogens with zero attached hydrogens (tertiary/aromatic N) is 5. The third-order valence-corrected chi connectivity index (χ3v) is 3.09. The second kappa shape index (κ2) is 6.73. The maximum absolute atomic E-state index is 10.8. The van der Waals surface area contributed by atoms with Gasteiger partial charge in [-0.25, -0.2) is 14.6 Å². The fraction of sp³-hybridized carbons (Fsp3) is 0.133. The highest BCUT2D eigenvalue weighted by Crippen LogP contribution is 2.16. The van der Waals surface area contributed by atoms with E-state index in [2.05, 4.69) is 30.7 Å². The molecule has 2 heterocycles. The number of nitrogens with one attached hydrogen (secondary N) is 2. The average Bonchev–Trinajstić information content (AvgIpc) is 3.00. The Morgan fingerprint density at radius 3 is 2.67 bits per heavy atom. The zero-order valence-electron chi connectivity index (χ0n) is 13.0. The maximum atomic E-state index is 10.8. The van der Waals surface area contributed by atoms with Crippen molar-refractivity contribution in [2.75, 3.05) is 17.2 Å². The van der Waals surface area contributed by atoms with Gasteiger partial charge in [0.1, 0.15) is 18.0 Å². The molecule has 0 radical (unpaired) electrons. The summed E-state index contributed by atoms with van der Waals surface area (Å²) in [7, 11) is 0. The molecule has 0 fully saturated rings. The van der Waals surface area contributed by atoms with E-state index in [0.717, 1.165) is 11.4 Å². The molecule has 3 rings (SSSR count). The van der Waals surface area contributed by atoms with Crippen molar-refractivity contribution in [2.24, 2.45) is 5.73 Å². The number of aromatic nitrogens is 5. The standard InChI is InChI=1S/C15H16N8O/c1-10-19-9-23(22-10)12-4-2-11(3-5-12)20-15-17-7-6-14(21-15)18-8-13(16)24/h2-7,9H,8H2,1H3,(H2,16,24)(H2,17,18,20,21). The molecule has 1 aromatic carbocycles. The number of primary amides is 1. The zero-order chi connectivity index (χ0) is 16.9. The first-order valence-electron chi connectivity index (χ1n) is 7.21. The molecular formula is C15H16N8O. The summed E-state index contributed by atoms with van der Waals surface area (Å²) in [5.74, 6) is 1.18. The molecule has 4 N–H and O–H groups in total. The minimum absolute atomic E-state index is 0.0163. The van der Waals surface area contributed by atoms with Crippen molar-refractivity contribution in [1.82, 2.24) is 24.7 Å². The third kappa shape index (κ3) is 3.83. The largest absolute Gasteiger partial charge is 0.368 e. The molecule has 0 atom stereocenters. The molecule has 0 unspecified atom stereocenters. The van der Waals surface area contributed by atoms with Crippen molar-refractivity contribution in [3.63, 3.8) is 0 Å². The van der Waals surface area contributed by atoms with E-state index in [-0.39, 0.29) is 6.54 Å². The first-order chi connectivity index (χ1) is 11.6. The van der Waals surface area contributed by atoms with Crippen LogP contribution in [-0.2, 0) is 4.79 Å². The van der Waals surface area contributed by atoms with Crippen molar-refractivity contribution in [3.05, 3.63) is 48.7 Å². The van der Waals surface area contributed by atoms with Crippen molar-refractivity contribution in [3.8, 4) is 5.69 Å². The van der Waals surface area contributed by atoms with E-state index < -0.39 is 5.91 Å². The fourth-order valence-electron chi connectivity index (χ4n) is 1.99. The molecule has 122 valence electrons. The van der Waals surface area contributed by atoms with Crippen LogP contribution in [0.1, 0.15) is 5.82 Å². The van der Waals surface area contributed by atoms with E-state index in [1.54, 1.807) is 23.3 Å². The lowest BCUT2D eigenvalue weighted by molar-refractivity contribution is -0.116. The summed E-state index contributed by atoms with van der Waals surface area (Å²) in [5, 5.41) is 10.2. The van der Waals surface area contributed by atoms with Crippen LogP contribution in [0.15, 0.2) is 42.9 Å². The SMILES string of the molecule is Cc1ncn(-c2ccc(Nc3nccc(NCC(N)=O)n3)cc2)n1. The number of benzene rings is 1. The minimum atomic E-state index is -0.456. The molecule has 0 bridgehead atoms. The Balaban J connectivity index is 1.69. The van der Waals surface area contributed by atoms with Gasteiger partial charge in [0.25, 0.3) is 0 Å². The van der Waals surface area contributed by atoms with Crippen LogP contribution in [0.4, 0.5) is 17.5 Å². The highest BCUT2D eigenvalue weighted by atomic mass is 16.1. The number of hydrogen-bond acceptors (Lipinski definition) is 7. The molecule has 3 aromatic rings. The Bertz CT molecular complexity index is 843. The normalized spacial score (nSPS) is 10.4. The Hall–Kier alpha value is -3.49. The average molecular weight is 324 g/mol. The van der Waals surface area contributed by atoms with Gasteiger partial charge in [-0.2, -0.15) is 10.1 Å². The topological polar surface area (TPSA) is 124 Å². The number of carbonyl (C=O) groups excluding carboxylic acids is 1. The Labute approximate surface area is 138 Å². The van der Waals surface area contributed by atoms with Gasteiger partial charge in [-0.15, -0.1) is 0 Å². The maximum Gasteiger partial charge on any atom is 0.236 e. The molecule has 0 saturated heterocycles. The van der Waals surface area contributed by atoms with Gasteiger partial charge in [-0.3, -0.25) is 4.79 Å². The van der Waals surface area contributed by atoms with Gasteiger partial charge < -0.3 is 16.4 Å². The number of amides is 1. The van der Waals surface area contributed by atoms with Crippen molar-refractivity contribution < 1.29 is 4.79 Å². The van der Waals surface area contributed by atoms with Crippen LogP contribution >= 0.6 is 0 Å². The summed E-state index contributed by atoms with van der Waals surface area (Å²) < 4.78 is 1.70. The predicted octanol–water partition coefficient (Wildman–Crippen LogP) is 1.01. The smallest absolute Gasteiger partial charge is 0.236 e. The summed E-state index contributed by atoms with van der Waals surface area (Å²) in [6.45, 7) is 1.85. The molecule has 9 nitrogen and oxygen atoms in total. The number of aryl methyl sites for hydroxylation is 1. The highest BCUT2D eigenvalue weighted by molar-refractivity contribution is 5.78. The van der Waals surface area contributed by atoms with Crippen LogP contribution in [0.25, 0.3) is 5.69 Å². The summed E-state index contributed by atoms with van der Waals surface area (Å²) >= 11 is 0. The molecule has 0 aliphatic carbocycles. The third-order valence-electron chi connectivity index (χ3n) is 3.09. The second-order valence-electron chi connectivity index (χ2n) is 4.99.